The van der Waals surface area contributed by atoms with Crippen LogP contribution in [0, 0.1) is 5.53 Å². The molecule has 1 saturated heterocycles. The summed E-state index contributed by atoms with van der Waals surface area (Å²) in [5, 5.41) is 10.4. The minimum absolute atomic E-state index is 0.321. The van der Waals surface area contributed by atoms with E-state index in [1.54, 1.807) is 0 Å². The van der Waals surface area contributed by atoms with Crippen molar-refractivity contribution < 1.29 is 19.4 Å². The molecule has 1 N–H and O–H groups in total. The molecule has 0 saturated carbocycles. The van der Waals surface area contributed by atoms with E-state index < -0.39 is 5.97 Å². The summed E-state index contributed by atoms with van der Waals surface area (Å²) < 4.78 is 5.00. The summed E-state index contributed by atoms with van der Waals surface area (Å²) in [5.74, 6) is -1.73. The van der Waals surface area contributed by atoms with Crippen molar-refractivity contribution in [1.82, 2.24) is 4.90 Å². The van der Waals surface area contributed by atoms with Crippen LogP contribution in [0.3, 0.4) is 0 Å². The number of nitrogens with zero attached hydrogens (tertiary/aromatic N) is 2. The smallest absolute Gasteiger partial charge is 0.424 e. The van der Waals surface area contributed by atoms with Crippen LogP contribution >= 0.6 is 0 Å². The van der Waals surface area contributed by atoms with Gasteiger partial charge in [-0.15, -0.1) is 0 Å². The number of hydrogen-bond acceptors (Lipinski definition) is 4. The zero-order chi connectivity index (χ0) is 8.97. The van der Waals surface area contributed by atoms with Crippen LogP contribution in [-0.2, 0) is 9.53 Å². The molecular weight excluding hydrogens is 162 g/mol. The summed E-state index contributed by atoms with van der Waals surface area (Å²) in [5.41, 5.74) is 6.61. The molecule has 1 aliphatic heterocycles. The lowest BCUT2D eigenvalue weighted by atomic mass is 10.4. The van der Waals surface area contributed by atoms with Gasteiger partial charge in [-0.2, -0.15) is 0 Å². The Bertz CT molecular complexity index is 228. The van der Waals surface area contributed by atoms with Crippen molar-refractivity contribution in [3.05, 3.63) is 0 Å². The number of carboxylic acid groups (broad SMARTS) is 1. The molecule has 1 heterocycles. The van der Waals surface area contributed by atoms with Gasteiger partial charge in [0.25, 0.3) is 0 Å². The average molecular weight is 171 g/mol. The molecule has 12 heavy (non-hydrogen) atoms. The van der Waals surface area contributed by atoms with Crippen molar-refractivity contribution in [1.29, 1.82) is 5.53 Å². The van der Waals surface area contributed by atoms with Gasteiger partial charge >= 0.3 is 5.84 Å². The zero-order valence-electron chi connectivity index (χ0n) is 6.45. The number of hydrogen-bond donors (Lipinski definition) is 1. The molecule has 0 radical (unpaired) electrons. The molecule has 66 valence electrons. The molecule has 1 fully saturated rings. The molecule has 0 aliphatic carbocycles. The molecule has 0 aromatic heterocycles. The number of morpholine rings is 1. The van der Waals surface area contributed by atoms with Crippen LogP contribution in [0.5, 0.6) is 0 Å². The van der Waals surface area contributed by atoms with Crippen molar-refractivity contribution >= 4 is 11.8 Å². The number of ether oxygens (including phenoxy) is 1. The lowest BCUT2D eigenvalue weighted by molar-refractivity contribution is -0.301. The molecular formula is C6H9N3O3. The lowest BCUT2D eigenvalue weighted by Crippen LogP contribution is -2.49. The number of amidine groups is 1. The molecule has 0 bridgehead atoms. The highest BCUT2D eigenvalue weighted by molar-refractivity contribution is 6.30. The van der Waals surface area contributed by atoms with Gasteiger partial charge in [-0.1, -0.05) is 4.79 Å². The maximum atomic E-state index is 10.4. The first-order valence-corrected chi connectivity index (χ1v) is 3.54. The van der Waals surface area contributed by atoms with Gasteiger partial charge in [0.1, 0.15) is 13.1 Å². The van der Waals surface area contributed by atoms with E-state index >= 15 is 0 Å². The SMILES string of the molecule is N=[N+]=C(C(=O)[O-])N1CCOCC1. The first-order chi connectivity index (χ1) is 5.75. The Labute approximate surface area is 69.0 Å². The molecule has 6 heteroatoms. The molecule has 0 spiro atoms. The summed E-state index contributed by atoms with van der Waals surface area (Å²) >= 11 is 0. The summed E-state index contributed by atoms with van der Waals surface area (Å²) in [6.07, 6.45) is 0. The molecule has 0 aromatic carbocycles. The first-order valence-electron chi connectivity index (χ1n) is 3.54. The van der Waals surface area contributed by atoms with Crippen LogP contribution < -0.4 is 5.11 Å². The monoisotopic (exact) mass is 171 g/mol. The fourth-order valence-corrected chi connectivity index (χ4v) is 1.02. The van der Waals surface area contributed by atoms with Gasteiger partial charge < -0.3 is 14.6 Å². The van der Waals surface area contributed by atoms with Crippen LogP contribution in [0.15, 0.2) is 0 Å². The highest BCUT2D eigenvalue weighted by Gasteiger charge is 2.25. The van der Waals surface area contributed by atoms with Crippen LogP contribution in [0.4, 0.5) is 0 Å². The molecule has 0 unspecified atom stereocenters. The number of carbonyl (C=O) groups excluding carboxylic acids is 1. The quantitative estimate of drug-likeness (QED) is 0.192. The number of nitrogens with one attached hydrogen (secondary N) is 1. The van der Waals surface area contributed by atoms with Gasteiger partial charge in [-0.25, -0.2) is 4.90 Å². The van der Waals surface area contributed by atoms with E-state index in [1.165, 1.54) is 4.90 Å². The Morgan fingerprint density at radius 1 is 1.50 bits per heavy atom. The number of carbonyl (C=O) groups is 1. The van der Waals surface area contributed by atoms with Gasteiger partial charge in [0.15, 0.2) is 5.97 Å². The fourth-order valence-electron chi connectivity index (χ4n) is 1.02. The maximum absolute atomic E-state index is 10.4. The lowest BCUT2D eigenvalue weighted by Gasteiger charge is -2.20. The molecule has 1 rings (SSSR count). The van der Waals surface area contributed by atoms with Crippen molar-refractivity contribution in [2.45, 2.75) is 0 Å². The van der Waals surface area contributed by atoms with Gasteiger partial charge in [-0.3, -0.25) is 0 Å². The van der Waals surface area contributed by atoms with Crippen LogP contribution in [0.25, 0.3) is 0 Å². The van der Waals surface area contributed by atoms with Crippen molar-refractivity contribution in [2.75, 3.05) is 26.3 Å². The minimum atomic E-state index is -1.41. The zero-order valence-corrected chi connectivity index (χ0v) is 6.45. The maximum Gasteiger partial charge on any atom is 0.424 e. The topological polar surface area (TPSA) is 90.5 Å². The predicted molar refractivity (Wildman–Crippen MR) is 35.4 cm³/mol. The van der Waals surface area contributed by atoms with Gasteiger partial charge in [0.05, 0.1) is 13.2 Å². The van der Waals surface area contributed by atoms with E-state index in [2.05, 4.69) is 4.79 Å². The van der Waals surface area contributed by atoms with Gasteiger partial charge in [0.2, 0.25) is 0 Å². The molecule has 0 atom stereocenters. The first kappa shape index (κ1) is 8.70. The standard InChI is InChI=1S/C6H9N3O3/c7-8-5(6(10)11)9-1-3-12-4-2-9/h7H,1-4H2. The number of rotatable bonds is 0. The van der Waals surface area contributed by atoms with Crippen LogP contribution in [-0.4, -0.2) is 47.8 Å². The Morgan fingerprint density at radius 3 is 2.50 bits per heavy atom. The van der Waals surface area contributed by atoms with E-state index in [1.807, 2.05) is 0 Å². The van der Waals surface area contributed by atoms with E-state index in [-0.39, 0.29) is 5.84 Å². The third kappa shape index (κ3) is 1.81. The summed E-state index contributed by atoms with van der Waals surface area (Å²) in [7, 11) is 0. The molecule has 0 aromatic rings. The second-order valence-electron chi connectivity index (χ2n) is 2.32. The highest BCUT2D eigenvalue weighted by atomic mass is 16.5. The Hall–Kier alpha value is -1.39. The third-order valence-corrected chi connectivity index (χ3v) is 1.60. The second-order valence-corrected chi connectivity index (χ2v) is 2.32. The van der Waals surface area contributed by atoms with Gasteiger partial charge in [0, 0.05) is 0 Å². The summed E-state index contributed by atoms with van der Waals surface area (Å²) in [4.78, 5) is 14.7. The normalized spacial score (nSPS) is 16.8. The highest BCUT2D eigenvalue weighted by Crippen LogP contribution is 1.96. The van der Waals surface area contributed by atoms with E-state index in [0.29, 0.717) is 26.3 Å². The molecule has 1 aliphatic rings. The molecule has 6 nitrogen and oxygen atoms in total. The average Bonchev–Trinajstić information content (AvgIpc) is 2.07. The van der Waals surface area contributed by atoms with Crippen molar-refractivity contribution in [3.63, 3.8) is 0 Å². The number of aliphatic carboxylic acids is 1. The van der Waals surface area contributed by atoms with Crippen molar-refractivity contribution in [3.8, 4) is 0 Å². The second kappa shape index (κ2) is 3.85. The summed E-state index contributed by atoms with van der Waals surface area (Å²) in [6, 6.07) is 0. The Morgan fingerprint density at radius 2 is 2.08 bits per heavy atom. The predicted octanol–water partition coefficient (Wildman–Crippen LogP) is -2.29. The third-order valence-electron chi connectivity index (χ3n) is 1.60. The molecule has 0 amide bonds. The number of carboxylic acids is 1. The Kier molecular flexibility index (Phi) is 2.79. The largest absolute Gasteiger partial charge is 0.537 e. The van der Waals surface area contributed by atoms with E-state index in [4.69, 9.17) is 10.3 Å². The van der Waals surface area contributed by atoms with Crippen LogP contribution in [0.1, 0.15) is 0 Å². The van der Waals surface area contributed by atoms with Crippen molar-refractivity contribution in [2.24, 2.45) is 0 Å². The van der Waals surface area contributed by atoms with E-state index in [0.717, 1.165) is 0 Å². The van der Waals surface area contributed by atoms with E-state index in [9.17, 15) is 9.90 Å². The van der Waals surface area contributed by atoms with Gasteiger partial charge in [-0.05, 0) is 5.53 Å². The van der Waals surface area contributed by atoms with Crippen LogP contribution in [0.2, 0.25) is 0 Å². The fraction of sp³-hybridized carbons (Fsp3) is 0.667. The Balaban J connectivity index is 2.65. The minimum Gasteiger partial charge on any atom is -0.537 e. The summed E-state index contributed by atoms with van der Waals surface area (Å²) in [6.45, 7) is 1.83.